The fraction of sp³-hybridized carbons (Fsp3) is 0.538. The zero-order chi connectivity index (χ0) is 14.5. The van der Waals surface area contributed by atoms with Crippen LogP contribution in [0.3, 0.4) is 0 Å². The van der Waals surface area contributed by atoms with Gasteiger partial charge in [0.15, 0.2) is 0 Å². The molecule has 0 saturated heterocycles. The number of hydrogen-bond donors (Lipinski definition) is 0. The van der Waals surface area contributed by atoms with E-state index >= 15 is 0 Å². The standard InChI is InChI=1S/C13H19ClFNO2S/c1-3-4-5-8-16(2)19(17,18)12-6-7-13(15)11(9-12)10-14/h6-7,9H,3-5,8,10H2,1-2H3. The highest BCUT2D eigenvalue weighted by atomic mass is 35.5. The molecule has 3 nitrogen and oxygen atoms in total. The molecule has 108 valence electrons. The Morgan fingerprint density at radius 2 is 2.00 bits per heavy atom. The van der Waals surface area contributed by atoms with Gasteiger partial charge in [-0.2, -0.15) is 0 Å². The van der Waals surface area contributed by atoms with Crippen LogP contribution in [0.4, 0.5) is 4.39 Å². The van der Waals surface area contributed by atoms with Gasteiger partial charge in [0, 0.05) is 19.2 Å². The van der Waals surface area contributed by atoms with Gasteiger partial charge in [0.1, 0.15) is 5.82 Å². The van der Waals surface area contributed by atoms with E-state index in [1.807, 2.05) is 0 Å². The van der Waals surface area contributed by atoms with Gasteiger partial charge < -0.3 is 0 Å². The first-order chi connectivity index (χ1) is 8.93. The molecule has 0 aliphatic rings. The van der Waals surface area contributed by atoms with E-state index in [1.54, 1.807) is 0 Å². The Morgan fingerprint density at radius 3 is 2.58 bits per heavy atom. The number of rotatable bonds is 7. The van der Waals surface area contributed by atoms with E-state index in [-0.39, 0.29) is 16.3 Å². The molecule has 0 aliphatic carbocycles. The van der Waals surface area contributed by atoms with Crippen molar-refractivity contribution in [3.63, 3.8) is 0 Å². The molecular weight excluding hydrogens is 289 g/mol. The number of sulfonamides is 1. The first kappa shape index (κ1) is 16.4. The molecule has 0 radical (unpaired) electrons. The molecule has 0 saturated carbocycles. The quantitative estimate of drug-likeness (QED) is 0.572. The highest BCUT2D eigenvalue weighted by molar-refractivity contribution is 7.89. The van der Waals surface area contributed by atoms with Crippen molar-refractivity contribution in [1.82, 2.24) is 4.31 Å². The van der Waals surface area contributed by atoms with Crippen molar-refractivity contribution >= 4 is 21.6 Å². The first-order valence-electron chi connectivity index (χ1n) is 6.24. The zero-order valence-corrected chi connectivity index (χ0v) is 12.8. The van der Waals surface area contributed by atoms with Crippen LogP contribution in [0.25, 0.3) is 0 Å². The summed E-state index contributed by atoms with van der Waals surface area (Å²) in [6, 6.07) is 3.72. The van der Waals surface area contributed by atoms with Gasteiger partial charge in [-0.05, 0) is 24.6 Å². The van der Waals surface area contributed by atoms with E-state index in [0.717, 1.165) is 25.3 Å². The molecule has 6 heteroatoms. The van der Waals surface area contributed by atoms with Gasteiger partial charge in [0.2, 0.25) is 10.0 Å². The van der Waals surface area contributed by atoms with Crippen LogP contribution in [-0.4, -0.2) is 26.3 Å². The Morgan fingerprint density at radius 1 is 1.32 bits per heavy atom. The molecule has 1 aromatic carbocycles. The number of benzene rings is 1. The molecule has 0 bridgehead atoms. The van der Waals surface area contributed by atoms with Gasteiger partial charge >= 0.3 is 0 Å². The predicted molar refractivity (Wildman–Crippen MR) is 75.3 cm³/mol. The van der Waals surface area contributed by atoms with Gasteiger partial charge in [-0.1, -0.05) is 19.8 Å². The van der Waals surface area contributed by atoms with Crippen molar-refractivity contribution in [2.75, 3.05) is 13.6 Å². The maximum Gasteiger partial charge on any atom is 0.242 e. The molecule has 0 N–H and O–H groups in total. The summed E-state index contributed by atoms with van der Waals surface area (Å²) in [6.45, 7) is 2.52. The summed E-state index contributed by atoms with van der Waals surface area (Å²) in [4.78, 5) is 0.0866. The lowest BCUT2D eigenvalue weighted by Gasteiger charge is -2.17. The third-order valence-corrected chi connectivity index (χ3v) is 5.09. The van der Waals surface area contributed by atoms with Crippen LogP contribution < -0.4 is 0 Å². The summed E-state index contributed by atoms with van der Waals surface area (Å²) in [5.41, 5.74) is 0.199. The molecule has 0 amide bonds. The van der Waals surface area contributed by atoms with Crippen LogP contribution in [-0.2, 0) is 15.9 Å². The fourth-order valence-corrected chi connectivity index (χ4v) is 3.16. The Kier molecular flexibility index (Phi) is 6.23. The Bertz CT molecular complexity index is 519. The van der Waals surface area contributed by atoms with Crippen molar-refractivity contribution in [2.24, 2.45) is 0 Å². The first-order valence-corrected chi connectivity index (χ1v) is 8.21. The minimum atomic E-state index is -3.56. The van der Waals surface area contributed by atoms with E-state index in [4.69, 9.17) is 11.6 Å². The third kappa shape index (κ3) is 4.16. The monoisotopic (exact) mass is 307 g/mol. The van der Waals surface area contributed by atoms with Crippen molar-refractivity contribution in [3.8, 4) is 0 Å². The Hall–Kier alpha value is -0.650. The van der Waals surface area contributed by atoms with Gasteiger partial charge in [0.05, 0.1) is 10.8 Å². The molecular formula is C13H19ClFNO2S. The molecule has 0 aromatic heterocycles. The van der Waals surface area contributed by atoms with Crippen LogP contribution in [0.5, 0.6) is 0 Å². The molecule has 19 heavy (non-hydrogen) atoms. The van der Waals surface area contributed by atoms with E-state index in [2.05, 4.69) is 6.92 Å². The second kappa shape index (κ2) is 7.22. The third-order valence-electron chi connectivity index (χ3n) is 2.95. The fourth-order valence-electron chi connectivity index (χ4n) is 1.70. The molecule has 0 spiro atoms. The molecule has 0 fully saturated rings. The number of hydrogen-bond acceptors (Lipinski definition) is 2. The lowest BCUT2D eigenvalue weighted by atomic mass is 10.2. The Labute approximate surface area is 119 Å². The molecule has 0 atom stereocenters. The maximum absolute atomic E-state index is 13.3. The Balaban J connectivity index is 2.93. The highest BCUT2D eigenvalue weighted by Crippen LogP contribution is 2.20. The van der Waals surface area contributed by atoms with E-state index < -0.39 is 15.8 Å². The van der Waals surface area contributed by atoms with Crippen molar-refractivity contribution in [2.45, 2.75) is 37.0 Å². The van der Waals surface area contributed by atoms with Crippen molar-refractivity contribution in [1.29, 1.82) is 0 Å². The number of unbranched alkanes of at least 4 members (excludes halogenated alkanes) is 2. The SMILES string of the molecule is CCCCCN(C)S(=O)(=O)c1ccc(F)c(CCl)c1. The predicted octanol–water partition coefficient (Wildman–Crippen LogP) is 3.38. The summed E-state index contributed by atoms with van der Waals surface area (Å²) in [5.74, 6) is -0.531. The second-order valence-electron chi connectivity index (χ2n) is 4.42. The zero-order valence-electron chi connectivity index (χ0n) is 11.2. The normalized spacial score (nSPS) is 12.1. The summed E-state index contributed by atoms with van der Waals surface area (Å²) in [6.07, 6.45) is 2.83. The molecule has 1 aromatic rings. The smallest absolute Gasteiger partial charge is 0.207 e. The number of alkyl halides is 1. The van der Waals surface area contributed by atoms with Crippen LogP contribution in [0, 0.1) is 5.82 Å². The van der Waals surface area contributed by atoms with Crippen molar-refractivity contribution < 1.29 is 12.8 Å². The van der Waals surface area contributed by atoms with Gasteiger partial charge in [0.25, 0.3) is 0 Å². The van der Waals surface area contributed by atoms with Crippen LogP contribution in [0.1, 0.15) is 31.7 Å². The number of nitrogens with zero attached hydrogens (tertiary/aromatic N) is 1. The average Bonchev–Trinajstić information content (AvgIpc) is 2.39. The van der Waals surface area contributed by atoms with Crippen LogP contribution >= 0.6 is 11.6 Å². The van der Waals surface area contributed by atoms with Gasteiger partial charge in [-0.15, -0.1) is 11.6 Å². The summed E-state index contributed by atoms with van der Waals surface area (Å²) >= 11 is 5.59. The van der Waals surface area contributed by atoms with Crippen LogP contribution in [0.2, 0.25) is 0 Å². The minimum absolute atomic E-state index is 0.0469. The number of halogens is 2. The van der Waals surface area contributed by atoms with E-state index in [0.29, 0.717) is 6.54 Å². The molecule has 0 unspecified atom stereocenters. The van der Waals surface area contributed by atoms with E-state index in [9.17, 15) is 12.8 Å². The minimum Gasteiger partial charge on any atom is -0.207 e. The maximum atomic E-state index is 13.3. The summed E-state index contributed by atoms with van der Waals surface area (Å²) in [5, 5.41) is 0. The highest BCUT2D eigenvalue weighted by Gasteiger charge is 2.21. The molecule has 1 rings (SSSR count). The summed E-state index contributed by atoms with van der Waals surface area (Å²) in [7, 11) is -2.02. The second-order valence-corrected chi connectivity index (χ2v) is 6.73. The van der Waals surface area contributed by atoms with Crippen LogP contribution in [0.15, 0.2) is 23.1 Å². The lowest BCUT2D eigenvalue weighted by Crippen LogP contribution is -2.28. The molecule has 0 heterocycles. The van der Waals surface area contributed by atoms with Crippen molar-refractivity contribution in [3.05, 3.63) is 29.6 Å². The van der Waals surface area contributed by atoms with Gasteiger partial charge in [-0.3, -0.25) is 0 Å². The lowest BCUT2D eigenvalue weighted by molar-refractivity contribution is 0.454. The van der Waals surface area contributed by atoms with Gasteiger partial charge in [-0.25, -0.2) is 17.1 Å². The topological polar surface area (TPSA) is 37.4 Å². The largest absolute Gasteiger partial charge is 0.242 e. The molecule has 0 aliphatic heterocycles. The average molecular weight is 308 g/mol. The summed E-state index contributed by atoms with van der Waals surface area (Å²) < 4.78 is 39.1. The van der Waals surface area contributed by atoms with E-state index in [1.165, 1.54) is 23.5 Å².